The zero-order valence-corrected chi connectivity index (χ0v) is 20.6. The van der Waals surface area contributed by atoms with Crippen LogP contribution < -0.4 is 15.4 Å². The molecule has 0 unspecified atom stereocenters. The first-order valence-electron chi connectivity index (χ1n) is 9.73. The maximum atomic E-state index is 11.6. The summed E-state index contributed by atoms with van der Waals surface area (Å²) in [6.07, 6.45) is 7.56. The van der Waals surface area contributed by atoms with Crippen molar-refractivity contribution in [1.82, 2.24) is 10.6 Å². The van der Waals surface area contributed by atoms with E-state index in [0.717, 1.165) is 24.3 Å². The highest BCUT2D eigenvalue weighted by atomic mass is 127. The summed E-state index contributed by atoms with van der Waals surface area (Å²) in [6.45, 7) is 6.00. The van der Waals surface area contributed by atoms with Crippen molar-refractivity contribution < 1.29 is 8.42 Å². The van der Waals surface area contributed by atoms with Gasteiger partial charge < -0.3 is 10.6 Å². The number of sulfonamides is 1. The fraction of sp³-hybridized carbons (Fsp3) is 0.650. The van der Waals surface area contributed by atoms with Crippen molar-refractivity contribution in [3.63, 3.8) is 0 Å². The summed E-state index contributed by atoms with van der Waals surface area (Å²) >= 11 is 0. The molecule has 160 valence electrons. The van der Waals surface area contributed by atoms with Crippen molar-refractivity contribution in [2.75, 3.05) is 24.6 Å². The molecule has 0 bridgehead atoms. The molecule has 0 saturated heterocycles. The van der Waals surface area contributed by atoms with Crippen LogP contribution in [0.3, 0.4) is 0 Å². The Hall–Kier alpha value is -1.03. The lowest BCUT2D eigenvalue weighted by molar-refractivity contribution is 0.235. The molecule has 0 aliphatic heterocycles. The van der Waals surface area contributed by atoms with Crippen LogP contribution >= 0.6 is 24.0 Å². The van der Waals surface area contributed by atoms with Crippen LogP contribution in [0.2, 0.25) is 0 Å². The number of para-hydroxylation sites is 1. The van der Waals surface area contributed by atoms with Crippen LogP contribution in [0.1, 0.15) is 51.5 Å². The number of rotatable bonds is 8. The van der Waals surface area contributed by atoms with E-state index in [0.29, 0.717) is 23.6 Å². The number of nitrogens with one attached hydrogen (secondary N) is 3. The Balaban J connectivity index is 0.00000392. The Bertz CT molecular complexity index is 744. The van der Waals surface area contributed by atoms with Crippen LogP contribution in [-0.2, 0) is 16.6 Å². The van der Waals surface area contributed by atoms with Gasteiger partial charge in [0.1, 0.15) is 0 Å². The number of halogens is 1. The van der Waals surface area contributed by atoms with Gasteiger partial charge in [-0.25, -0.2) is 8.42 Å². The summed E-state index contributed by atoms with van der Waals surface area (Å²) in [5.74, 6) is 1.44. The number of hydrogen-bond acceptors (Lipinski definition) is 3. The third-order valence-corrected chi connectivity index (χ3v) is 5.71. The van der Waals surface area contributed by atoms with Crippen molar-refractivity contribution >= 4 is 45.6 Å². The highest BCUT2D eigenvalue weighted by Crippen LogP contribution is 2.42. The predicted octanol–water partition coefficient (Wildman–Crippen LogP) is 3.95. The summed E-state index contributed by atoms with van der Waals surface area (Å²) in [5.41, 5.74) is 1.83. The molecular weight excluding hydrogens is 487 g/mol. The number of nitrogens with zero attached hydrogens (tertiary/aromatic N) is 1. The van der Waals surface area contributed by atoms with Crippen molar-refractivity contribution in [3.8, 4) is 0 Å². The first kappa shape index (κ1) is 25.0. The van der Waals surface area contributed by atoms with E-state index in [2.05, 4.69) is 34.2 Å². The molecule has 1 aliphatic carbocycles. The first-order valence-corrected chi connectivity index (χ1v) is 11.6. The predicted molar refractivity (Wildman–Crippen MR) is 129 cm³/mol. The van der Waals surface area contributed by atoms with Gasteiger partial charge in [0.15, 0.2) is 5.96 Å². The lowest BCUT2D eigenvalue weighted by Crippen LogP contribution is -2.43. The van der Waals surface area contributed by atoms with Gasteiger partial charge in [0.05, 0.1) is 11.9 Å². The lowest BCUT2D eigenvalue weighted by Gasteiger charge is -2.32. The summed E-state index contributed by atoms with van der Waals surface area (Å²) in [7, 11) is -1.54. The van der Waals surface area contributed by atoms with Gasteiger partial charge in [-0.3, -0.25) is 9.71 Å². The molecule has 3 N–H and O–H groups in total. The minimum Gasteiger partial charge on any atom is -0.356 e. The molecule has 0 heterocycles. The smallest absolute Gasteiger partial charge is 0.229 e. The average Bonchev–Trinajstić information content (AvgIpc) is 3.03. The van der Waals surface area contributed by atoms with Gasteiger partial charge in [0.25, 0.3) is 0 Å². The van der Waals surface area contributed by atoms with Crippen LogP contribution in [0, 0.1) is 11.3 Å². The number of benzene rings is 1. The van der Waals surface area contributed by atoms with E-state index in [1.807, 2.05) is 18.2 Å². The van der Waals surface area contributed by atoms with Gasteiger partial charge in [-0.1, -0.05) is 44.9 Å². The normalized spacial score (nSPS) is 16.5. The van der Waals surface area contributed by atoms with E-state index in [1.54, 1.807) is 13.1 Å². The summed E-state index contributed by atoms with van der Waals surface area (Å²) < 4.78 is 25.7. The summed E-state index contributed by atoms with van der Waals surface area (Å²) in [5, 5.41) is 6.81. The summed E-state index contributed by atoms with van der Waals surface area (Å²) in [4.78, 5) is 4.33. The van der Waals surface area contributed by atoms with Crippen LogP contribution in [0.15, 0.2) is 29.3 Å². The summed E-state index contributed by atoms with van der Waals surface area (Å²) in [6, 6.07) is 7.39. The van der Waals surface area contributed by atoms with E-state index in [4.69, 9.17) is 0 Å². The molecule has 28 heavy (non-hydrogen) atoms. The SMILES string of the molecule is CN=C(NCc1ccccc1NS(C)(=O)=O)NCC1(CC(C)C)CCCC1.I. The lowest BCUT2D eigenvalue weighted by atomic mass is 9.78. The van der Waals surface area contributed by atoms with Gasteiger partial charge in [0, 0.05) is 20.1 Å². The molecule has 0 amide bonds. The third-order valence-electron chi connectivity index (χ3n) is 5.12. The molecule has 0 aromatic heterocycles. The molecule has 1 aliphatic rings. The number of anilines is 1. The minimum atomic E-state index is -3.31. The molecule has 1 saturated carbocycles. The molecule has 6 nitrogen and oxygen atoms in total. The largest absolute Gasteiger partial charge is 0.356 e. The maximum absolute atomic E-state index is 11.6. The third kappa shape index (κ3) is 8.14. The highest BCUT2D eigenvalue weighted by molar-refractivity contribution is 14.0. The van der Waals surface area contributed by atoms with E-state index in [-0.39, 0.29) is 24.0 Å². The van der Waals surface area contributed by atoms with E-state index < -0.39 is 10.0 Å². The minimum absolute atomic E-state index is 0. The molecule has 1 aromatic carbocycles. The number of hydrogen-bond donors (Lipinski definition) is 3. The molecule has 8 heteroatoms. The molecular formula is C20H35IN4O2S. The number of guanidine groups is 1. The second kappa shape index (κ2) is 11.2. The molecule has 1 fully saturated rings. The fourth-order valence-electron chi connectivity index (χ4n) is 4.09. The molecule has 0 spiro atoms. The number of aliphatic imine (C=N–C) groups is 1. The quantitative estimate of drug-likeness (QED) is 0.275. The van der Waals surface area contributed by atoms with E-state index >= 15 is 0 Å². The van der Waals surface area contributed by atoms with Gasteiger partial charge >= 0.3 is 0 Å². The molecule has 0 radical (unpaired) electrons. The Labute approximate surface area is 187 Å². The van der Waals surface area contributed by atoms with Gasteiger partial charge in [0.2, 0.25) is 10.0 Å². The first-order chi connectivity index (χ1) is 12.7. The second-order valence-electron chi connectivity index (χ2n) is 8.12. The van der Waals surface area contributed by atoms with Crippen molar-refractivity contribution in [2.45, 2.75) is 52.5 Å². The van der Waals surface area contributed by atoms with Crippen molar-refractivity contribution in [3.05, 3.63) is 29.8 Å². The van der Waals surface area contributed by atoms with Gasteiger partial charge in [-0.05, 0) is 42.2 Å². The van der Waals surface area contributed by atoms with Gasteiger partial charge in [-0.15, -0.1) is 24.0 Å². The van der Waals surface area contributed by atoms with E-state index in [1.165, 1.54) is 32.1 Å². The Morgan fingerprint density at radius 1 is 1.18 bits per heavy atom. The van der Waals surface area contributed by atoms with E-state index in [9.17, 15) is 8.42 Å². The van der Waals surface area contributed by atoms with Crippen LogP contribution in [0.25, 0.3) is 0 Å². The molecule has 0 atom stereocenters. The fourth-order valence-corrected chi connectivity index (χ4v) is 4.69. The molecule has 2 rings (SSSR count). The second-order valence-corrected chi connectivity index (χ2v) is 9.86. The van der Waals surface area contributed by atoms with Crippen LogP contribution in [0.4, 0.5) is 5.69 Å². The zero-order valence-electron chi connectivity index (χ0n) is 17.4. The van der Waals surface area contributed by atoms with Crippen molar-refractivity contribution in [2.24, 2.45) is 16.3 Å². The standard InChI is InChI=1S/C20H34N4O2S.HI/c1-16(2)13-20(11-7-8-12-20)15-23-19(21-3)22-14-17-9-5-6-10-18(17)24-27(4,25)26;/h5-6,9-10,16,24H,7-8,11-15H2,1-4H3,(H2,21,22,23);1H. The highest BCUT2D eigenvalue weighted by Gasteiger charge is 2.34. The average molecular weight is 522 g/mol. The molecule has 1 aromatic rings. The Kier molecular flexibility index (Phi) is 10.0. The Morgan fingerprint density at radius 2 is 1.82 bits per heavy atom. The van der Waals surface area contributed by atoms with Crippen molar-refractivity contribution in [1.29, 1.82) is 0 Å². The van der Waals surface area contributed by atoms with Crippen LogP contribution in [-0.4, -0.2) is 34.2 Å². The van der Waals surface area contributed by atoms with Gasteiger partial charge in [-0.2, -0.15) is 0 Å². The topological polar surface area (TPSA) is 82.6 Å². The zero-order chi connectivity index (χ0) is 19.9. The maximum Gasteiger partial charge on any atom is 0.229 e. The monoisotopic (exact) mass is 522 g/mol. The Morgan fingerprint density at radius 3 is 2.39 bits per heavy atom. The van der Waals surface area contributed by atoms with Crippen LogP contribution in [0.5, 0.6) is 0 Å².